The first-order chi connectivity index (χ1) is 28.7. The molecule has 0 aliphatic heterocycles. The number of ether oxygens (including phenoxy) is 2. The monoisotopic (exact) mass is 873 g/mol. The summed E-state index contributed by atoms with van der Waals surface area (Å²) in [5.41, 5.74) is -2.23. The Labute approximate surface area is 371 Å². The van der Waals surface area contributed by atoms with Gasteiger partial charge >= 0.3 is 12.2 Å². The van der Waals surface area contributed by atoms with Crippen LogP contribution in [-0.4, -0.2) is 125 Å². The molecule has 1 unspecified atom stereocenters. The predicted octanol–water partition coefficient (Wildman–Crippen LogP) is 7.47. The Kier molecular flexibility index (Phi) is 13.9. The second kappa shape index (κ2) is 17.7. The fraction of sp³-hybridized carbons (Fsp3) is 0.600. The molecule has 4 aromatic heterocycles. The predicted molar refractivity (Wildman–Crippen MR) is 240 cm³/mol. The summed E-state index contributed by atoms with van der Waals surface area (Å²) in [6, 6.07) is -1.12. The lowest BCUT2D eigenvalue weighted by atomic mass is 9.75. The van der Waals surface area contributed by atoms with Gasteiger partial charge in [-0.2, -0.15) is 0 Å². The van der Waals surface area contributed by atoms with Gasteiger partial charge in [0.15, 0.2) is 11.2 Å². The van der Waals surface area contributed by atoms with E-state index in [4.69, 9.17) is 9.47 Å². The van der Waals surface area contributed by atoms with E-state index in [0.717, 1.165) is 0 Å². The average Bonchev–Trinajstić information content (AvgIpc) is 3.85. The maximum absolute atomic E-state index is 14.3. The number of nitrogens with one attached hydrogen (secondary N) is 3. The molecule has 3 N–H and O–H groups in total. The Morgan fingerprint density at radius 2 is 0.905 bits per heavy atom. The number of rotatable bonds is 11. The van der Waals surface area contributed by atoms with Crippen LogP contribution in [0.15, 0.2) is 37.2 Å². The van der Waals surface area contributed by atoms with Crippen molar-refractivity contribution in [1.82, 2.24) is 59.9 Å². The number of nitrogens with zero attached hydrogens (tertiary/aromatic N) is 9. The number of carbonyl (C=O) groups is 4. The number of aromatic nitrogens is 8. The van der Waals surface area contributed by atoms with Crippen molar-refractivity contribution >= 4 is 24.0 Å². The third-order valence-electron chi connectivity index (χ3n) is 11.5. The number of hydrogen-bond donors (Lipinski definition) is 3. The number of H-pyrrole nitrogens is 2. The summed E-state index contributed by atoms with van der Waals surface area (Å²) in [5.74, 6) is 0.209. The van der Waals surface area contributed by atoms with Crippen molar-refractivity contribution < 1.29 is 28.7 Å². The minimum Gasteiger partial charge on any atom is -0.432 e. The molecule has 0 bridgehead atoms. The van der Waals surface area contributed by atoms with Crippen LogP contribution >= 0.6 is 0 Å². The van der Waals surface area contributed by atoms with Crippen LogP contribution < -0.4 is 5.32 Å². The lowest BCUT2D eigenvalue weighted by Gasteiger charge is -2.45. The second-order valence-electron chi connectivity index (χ2n) is 21.0. The number of likely N-dealkylation sites (N-methyl/N-ethyl adjacent to an activating group) is 1. The quantitative estimate of drug-likeness (QED) is 0.134. The van der Waals surface area contributed by atoms with Gasteiger partial charge in [0.25, 0.3) is 11.8 Å². The zero-order chi connectivity index (χ0) is 47.8. The first kappa shape index (κ1) is 49.7. The largest absolute Gasteiger partial charge is 0.432 e. The van der Waals surface area contributed by atoms with Crippen LogP contribution in [0, 0.1) is 21.7 Å². The Hall–Kier alpha value is -5.94. The van der Waals surface area contributed by atoms with E-state index >= 15 is 0 Å². The Bertz CT molecular complexity index is 2260. The van der Waals surface area contributed by atoms with Crippen LogP contribution in [0.4, 0.5) is 9.59 Å². The van der Waals surface area contributed by atoms with E-state index < -0.39 is 63.0 Å². The second-order valence-corrected chi connectivity index (χ2v) is 21.0. The lowest BCUT2D eigenvalue weighted by molar-refractivity contribution is -0.165. The molecule has 18 heteroatoms. The lowest BCUT2D eigenvalue weighted by Crippen LogP contribution is -2.58. The van der Waals surface area contributed by atoms with Gasteiger partial charge in [-0.25, -0.2) is 19.6 Å². The molecule has 0 spiro atoms. The molecule has 4 aromatic rings. The normalized spacial score (nSPS) is 15.3. The highest BCUT2D eigenvalue weighted by Gasteiger charge is 2.53. The van der Waals surface area contributed by atoms with Gasteiger partial charge in [0, 0.05) is 46.1 Å². The summed E-state index contributed by atoms with van der Waals surface area (Å²) in [7, 11) is 7.98. The molecule has 0 aliphatic carbocycles. The number of hydrogen-bond acceptors (Lipinski definition) is 12. The Morgan fingerprint density at radius 1 is 0.524 bits per heavy atom. The minimum absolute atomic E-state index is 0.365. The number of carbonyl (C=O) groups excluding carboxylic acids is 4. The van der Waals surface area contributed by atoms with Crippen molar-refractivity contribution in [2.45, 2.75) is 120 Å². The summed E-state index contributed by atoms with van der Waals surface area (Å²) in [5, 5.41) is 3.10. The van der Waals surface area contributed by atoms with E-state index in [2.05, 4.69) is 45.2 Å². The summed E-state index contributed by atoms with van der Waals surface area (Å²) < 4.78 is 11.6. The number of aromatic amines is 2. The van der Waals surface area contributed by atoms with E-state index in [-0.39, 0.29) is 5.91 Å². The third-order valence-corrected chi connectivity index (χ3v) is 11.5. The third kappa shape index (κ3) is 10.6. The molecule has 0 aromatic carbocycles. The van der Waals surface area contributed by atoms with E-state index in [1.54, 1.807) is 91.2 Å². The maximum atomic E-state index is 14.3. The van der Waals surface area contributed by atoms with Crippen LogP contribution in [-0.2, 0) is 19.1 Å². The van der Waals surface area contributed by atoms with E-state index in [9.17, 15) is 19.2 Å². The fourth-order valence-corrected chi connectivity index (χ4v) is 6.60. The van der Waals surface area contributed by atoms with Gasteiger partial charge in [0.2, 0.25) is 0 Å². The van der Waals surface area contributed by atoms with Crippen molar-refractivity contribution in [1.29, 1.82) is 0 Å². The zero-order valence-corrected chi connectivity index (χ0v) is 40.6. The number of imidazole rings is 2. The molecule has 0 saturated carbocycles. The van der Waals surface area contributed by atoms with Crippen LogP contribution in [0.2, 0.25) is 0 Å². The number of amides is 4. The SMILES string of the molecule is CN(C)C(=O)OC(C)(C(=O)N[C@H](c1ncc(-c2cnc(-c3cnc(-c4cnc([C@@H](N(C)C(=O)[C@](C)(OC(=O)N(C)C)C(C)(C)C)C(C)(C)C)[nH]4)cn3)cn2)[nH]1)C(C)(C)C)C(C)(C)C. The fourth-order valence-electron chi connectivity index (χ4n) is 6.60. The first-order valence-electron chi connectivity index (χ1n) is 20.9. The Morgan fingerprint density at radius 3 is 1.27 bits per heavy atom. The molecular weight excluding hydrogens is 805 g/mol. The van der Waals surface area contributed by atoms with Crippen molar-refractivity contribution in [3.8, 4) is 34.2 Å². The molecule has 4 atom stereocenters. The molecule has 0 aliphatic rings. The molecule has 4 heterocycles. The topological polar surface area (TPSA) is 217 Å². The van der Waals surface area contributed by atoms with Crippen LogP contribution in [0.1, 0.15) is 121 Å². The van der Waals surface area contributed by atoms with Gasteiger partial charge in [-0.05, 0) is 24.7 Å². The molecule has 63 heavy (non-hydrogen) atoms. The summed E-state index contributed by atoms with van der Waals surface area (Å²) >= 11 is 0. The van der Waals surface area contributed by atoms with Crippen LogP contribution in [0.5, 0.6) is 0 Å². The smallest absolute Gasteiger partial charge is 0.410 e. The van der Waals surface area contributed by atoms with Gasteiger partial charge in [-0.15, -0.1) is 0 Å². The molecule has 18 nitrogen and oxygen atoms in total. The van der Waals surface area contributed by atoms with Crippen molar-refractivity contribution in [2.24, 2.45) is 21.7 Å². The van der Waals surface area contributed by atoms with Crippen molar-refractivity contribution in [3.05, 3.63) is 48.8 Å². The van der Waals surface area contributed by atoms with Crippen molar-refractivity contribution in [3.63, 3.8) is 0 Å². The zero-order valence-electron chi connectivity index (χ0n) is 40.6. The summed E-state index contributed by atoms with van der Waals surface area (Å²) in [6.07, 6.45) is 8.44. The highest BCUT2D eigenvalue weighted by atomic mass is 16.6. The molecule has 4 amide bonds. The van der Waals surface area contributed by atoms with Crippen LogP contribution in [0.25, 0.3) is 34.2 Å². The van der Waals surface area contributed by atoms with Gasteiger partial charge < -0.3 is 39.5 Å². The van der Waals surface area contributed by atoms with Gasteiger partial charge in [-0.1, -0.05) is 83.1 Å². The molecule has 0 saturated heterocycles. The van der Waals surface area contributed by atoms with Gasteiger partial charge in [0.1, 0.15) is 34.4 Å². The first-order valence-corrected chi connectivity index (χ1v) is 20.9. The van der Waals surface area contributed by atoms with E-state index in [1.165, 1.54) is 9.80 Å². The van der Waals surface area contributed by atoms with E-state index in [0.29, 0.717) is 45.8 Å². The van der Waals surface area contributed by atoms with Gasteiger partial charge in [-0.3, -0.25) is 29.5 Å². The summed E-state index contributed by atoms with van der Waals surface area (Å²) in [6.45, 7) is 26.4. The molecule has 0 radical (unpaired) electrons. The van der Waals surface area contributed by atoms with Crippen LogP contribution in [0.3, 0.4) is 0 Å². The Balaban J connectivity index is 1.55. The molecule has 344 valence electrons. The highest BCUT2D eigenvalue weighted by molar-refractivity contribution is 5.89. The van der Waals surface area contributed by atoms with Gasteiger partial charge in [0.05, 0.1) is 60.7 Å². The molecule has 4 rings (SSSR count). The summed E-state index contributed by atoms with van der Waals surface area (Å²) in [4.78, 5) is 92.3. The molecule has 0 fully saturated rings. The molecular formula is C45H68N12O6. The average molecular weight is 873 g/mol. The maximum Gasteiger partial charge on any atom is 0.410 e. The van der Waals surface area contributed by atoms with E-state index in [1.807, 2.05) is 83.1 Å². The van der Waals surface area contributed by atoms with Crippen molar-refractivity contribution in [2.75, 3.05) is 35.2 Å². The highest BCUT2D eigenvalue weighted by Crippen LogP contribution is 2.42. The standard InChI is InChI=1S/C45H68N12O6/c1-40(2,3)32(54-36(58)44(13,42(7,8)9)62-38(60)55(15)16)34-50-24-30(52-34)28-22-46-26(20-48-28)27-21-49-29(23-47-27)31-25-51-35(53-31)33(41(4,5)6)57(19)37(59)45(14,43(10,11)12)63-39(61)56(17)18/h20-25,32-33H,1-19H3,(H,50,52)(H,51,53)(H,54,58)/t32-,33-,44?,45+/m1/s1. The minimum atomic E-state index is -1.49.